The average Bonchev–Trinajstić information content (AvgIpc) is 3.07. The standard InChI is InChI=1S/C36H39F8N3O4/c1-51-31-27(17-22(18-28(31)35(39,40)41)20-46-13-3-2-4-14-46)26-10-6-8-24-23(7-5-9-25(24)26)19-29(32(48)49)45-33(50)34(36(42,43)44)11-15-47(16-12-34)21-30(37)38/h5-10,17-18,29-30H,2-4,11-16,19-21H2,1H3,(H,45,50)(H,48,49)/t29-/m0/s1. The van der Waals surface area contributed by atoms with E-state index in [1.165, 1.54) is 6.07 Å². The smallest absolute Gasteiger partial charge is 0.419 e. The number of alkyl halides is 8. The number of halogens is 8. The summed E-state index contributed by atoms with van der Waals surface area (Å²) >= 11 is 0. The molecule has 0 bridgehead atoms. The monoisotopic (exact) mass is 729 g/mol. The minimum atomic E-state index is -5.08. The number of hydrogen-bond donors (Lipinski definition) is 2. The fourth-order valence-electron chi connectivity index (χ4n) is 7.24. The number of carboxylic acid groups (broad SMARTS) is 1. The number of methoxy groups -OCH3 is 1. The minimum Gasteiger partial charge on any atom is -0.495 e. The summed E-state index contributed by atoms with van der Waals surface area (Å²) < 4.78 is 117. The number of nitrogens with zero attached hydrogens (tertiary/aromatic N) is 2. The summed E-state index contributed by atoms with van der Waals surface area (Å²) in [5, 5.41) is 13.0. The summed E-state index contributed by atoms with van der Waals surface area (Å²) in [5.41, 5.74) is -2.66. The molecule has 1 amide bonds. The third-order valence-electron chi connectivity index (χ3n) is 9.93. The van der Waals surface area contributed by atoms with Crippen molar-refractivity contribution in [3.8, 4) is 16.9 Å². The van der Waals surface area contributed by atoms with Crippen LogP contribution in [0.2, 0.25) is 0 Å². The van der Waals surface area contributed by atoms with Gasteiger partial charge in [0.1, 0.15) is 17.2 Å². The Balaban J connectivity index is 1.49. The van der Waals surface area contributed by atoms with E-state index in [1.807, 2.05) is 0 Å². The summed E-state index contributed by atoms with van der Waals surface area (Å²) in [6.07, 6.45) is -11.8. The Bertz CT molecular complexity index is 1720. The van der Waals surface area contributed by atoms with Gasteiger partial charge in [0, 0.05) is 18.5 Å². The van der Waals surface area contributed by atoms with E-state index in [2.05, 4.69) is 10.2 Å². The van der Waals surface area contributed by atoms with E-state index < -0.39 is 92.3 Å². The molecule has 5 rings (SSSR count). The van der Waals surface area contributed by atoms with Crippen molar-refractivity contribution in [3.05, 3.63) is 65.2 Å². The third kappa shape index (κ3) is 8.40. The van der Waals surface area contributed by atoms with Crippen LogP contribution in [0.3, 0.4) is 0 Å². The maximum absolute atomic E-state index is 14.4. The lowest BCUT2D eigenvalue weighted by Gasteiger charge is -2.41. The van der Waals surface area contributed by atoms with Gasteiger partial charge in [-0.15, -0.1) is 0 Å². The zero-order chi connectivity index (χ0) is 37.1. The molecule has 1 atom stereocenters. The number of carbonyl (C=O) groups excluding carboxylic acids is 1. The van der Waals surface area contributed by atoms with Gasteiger partial charge >= 0.3 is 18.3 Å². The van der Waals surface area contributed by atoms with Gasteiger partial charge in [0.15, 0.2) is 0 Å². The number of fused-ring (bicyclic) bond motifs is 1. The number of hydrogen-bond acceptors (Lipinski definition) is 5. The number of carboxylic acids is 1. The average molecular weight is 730 g/mol. The van der Waals surface area contributed by atoms with E-state index in [0.717, 1.165) is 50.4 Å². The van der Waals surface area contributed by atoms with Crippen molar-refractivity contribution in [2.45, 2.75) is 69.9 Å². The molecule has 2 aliphatic rings. The number of carbonyl (C=O) groups is 2. The predicted molar refractivity (Wildman–Crippen MR) is 174 cm³/mol. The van der Waals surface area contributed by atoms with Crippen molar-refractivity contribution in [1.29, 1.82) is 0 Å². The van der Waals surface area contributed by atoms with Gasteiger partial charge in [-0.3, -0.25) is 14.6 Å². The van der Waals surface area contributed by atoms with E-state index in [0.29, 0.717) is 34.0 Å². The second-order valence-corrected chi connectivity index (χ2v) is 13.2. The largest absolute Gasteiger partial charge is 0.495 e. The first-order chi connectivity index (χ1) is 24.0. The van der Waals surface area contributed by atoms with E-state index in [1.54, 1.807) is 36.4 Å². The van der Waals surface area contributed by atoms with Crippen LogP contribution < -0.4 is 10.1 Å². The topological polar surface area (TPSA) is 82.1 Å². The highest BCUT2D eigenvalue weighted by atomic mass is 19.4. The third-order valence-corrected chi connectivity index (χ3v) is 9.93. The number of ether oxygens (including phenoxy) is 1. The molecule has 278 valence electrons. The molecular formula is C36H39F8N3O4. The zero-order valence-corrected chi connectivity index (χ0v) is 27.8. The van der Waals surface area contributed by atoms with E-state index in [-0.39, 0.29) is 5.56 Å². The van der Waals surface area contributed by atoms with Gasteiger partial charge in [-0.05, 0) is 91.5 Å². The lowest BCUT2D eigenvalue weighted by molar-refractivity contribution is -0.233. The predicted octanol–water partition coefficient (Wildman–Crippen LogP) is 7.54. The van der Waals surface area contributed by atoms with Crippen LogP contribution in [0.15, 0.2) is 48.5 Å². The van der Waals surface area contributed by atoms with Crippen LogP contribution in [-0.2, 0) is 28.7 Å². The van der Waals surface area contributed by atoms with Gasteiger partial charge in [0.25, 0.3) is 6.43 Å². The minimum absolute atomic E-state index is 0.162. The Morgan fingerprint density at radius 2 is 1.53 bits per heavy atom. The molecule has 15 heteroatoms. The molecular weight excluding hydrogens is 690 g/mol. The molecule has 3 aromatic rings. The molecule has 7 nitrogen and oxygen atoms in total. The summed E-state index contributed by atoms with van der Waals surface area (Å²) in [5.74, 6) is -3.56. The second kappa shape index (κ2) is 15.3. The fraction of sp³-hybridized carbons (Fsp3) is 0.500. The quantitative estimate of drug-likeness (QED) is 0.199. The maximum atomic E-state index is 14.4. The number of amides is 1. The molecule has 2 aliphatic heterocycles. The summed E-state index contributed by atoms with van der Waals surface area (Å²) in [7, 11) is 1.14. The van der Waals surface area contributed by atoms with Crippen LogP contribution in [0, 0.1) is 5.41 Å². The Kier molecular flexibility index (Phi) is 11.5. The van der Waals surface area contributed by atoms with Crippen molar-refractivity contribution >= 4 is 22.6 Å². The molecule has 2 heterocycles. The number of likely N-dealkylation sites (tertiary alicyclic amines) is 2. The number of rotatable bonds is 11. The van der Waals surface area contributed by atoms with Crippen LogP contribution in [0.4, 0.5) is 35.1 Å². The Hall–Kier alpha value is -3.98. The molecule has 0 saturated carbocycles. The van der Waals surface area contributed by atoms with E-state index in [4.69, 9.17) is 4.74 Å². The Labute approximate surface area is 289 Å². The maximum Gasteiger partial charge on any atom is 0.419 e. The molecule has 0 aliphatic carbocycles. The van der Waals surface area contributed by atoms with Crippen LogP contribution in [-0.4, -0.2) is 85.3 Å². The van der Waals surface area contributed by atoms with Gasteiger partial charge in [0.05, 0.1) is 19.2 Å². The van der Waals surface area contributed by atoms with E-state index in [9.17, 15) is 49.8 Å². The molecule has 2 saturated heterocycles. The molecule has 3 aromatic carbocycles. The zero-order valence-electron chi connectivity index (χ0n) is 27.8. The first kappa shape index (κ1) is 38.3. The van der Waals surface area contributed by atoms with Crippen LogP contribution in [0.25, 0.3) is 21.9 Å². The highest BCUT2D eigenvalue weighted by Crippen LogP contribution is 2.47. The highest BCUT2D eigenvalue weighted by Gasteiger charge is 2.61. The van der Waals surface area contributed by atoms with Gasteiger partial charge < -0.3 is 15.2 Å². The Morgan fingerprint density at radius 3 is 2.12 bits per heavy atom. The van der Waals surface area contributed by atoms with Crippen molar-refractivity contribution in [2.75, 3.05) is 39.8 Å². The normalized spacial score (nSPS) is 18.2. The molecule has 0 radical (unpaired) electrons. The second-order valence-electron chi connectivity index (χ2n) is 13.2. The summed E-state index contributed by atoms with van der Waals surface area (Å²) in [6.45, 7) is 0.188. The van der Waals surface area contributed by atoms with Crippen molar-refractivity contribution in [1.82, 2.24) is 15.1 Å². The van der Waals surface area contributed by atoms with Gasteiger partial charge in [0.2, 0.25) is 5.91 Å². The summed E-state index contributed by atoms with van der Waals surface area (Å²) in [6, 6.07) is 10.4. The van der Waals surface area contributed by atoms with Gasteiger partial charge in [-0.2, -0.15) is 26.3 Å². The highest BCUT2D eigenvalue weighted by molar-refractivity contribution is 6.00. The van der Waals surface area contributed by atoms with E-state index >= 15 is 0 Å². The van der Waals surface area contributed by atoms with Crippen LogP contribution in [0.5, 0.6) is 5.75 Å². The molecule has 0 aromatic heterocycles. The molecule has 0 unspecified atom stereocenters. The molecule has 2 fully saturated rings. The fourth-order valence-corrected chi connectivity index (χ4v) is 7.24. The first-order valence-corrected chi connectivity index (χ1v) is 16.7. The van der Waals surface area contributed by atoms with Gasteiger partial charge in [-0.25, -0.2) is 13.6 Å². The number of piperidine rings is 2. The van der Waals surface area contributed by atoms with Gasteiger partial charge in [-0.1, -0.05) is 42.8 Å². The number of nitrogens with one attached hydrogen (secondary N) is 1. The van der Waals surface area contributed by atoms with Crippen LogP contribution in [0.1, 0.15) is 48.8 Å². The number of benzene rings is 3. The number of aliphatic carboxylic acids is 1. The first-order valence-electron chi connectivity index (χ1n) is 16.7. The SMILES string of the molecule is COc1c(-c2cccc3c(C[C@H](NC(=O)C4(C(F)(F)F)CCN(CC(F)F)CC4)C(=O)O)cccc23)cc(CN2CCCCC2)cc1C(F)(F)F. The van der Waals surface area contributed by atoms with Crippen molar-refractivity contribution < 1.29 is 54.6 Å². The summed E-state index contributed by atoms with van der Waals surface area (Å²) in [4.78, 5) is 28.9. The van der Waals surface area contributed by atoms with Crippen LogP contribution >= 0.6 is 0 Å². The lowest BCUT2D eigenvalue weighted by Crippen LogP contribution is -2.59. The van der Waals surface area contributed by atoms with Crippen molar-refractivity contribution in [3.63, 3.8) is 0 Å². The molecule has 0 spiro atoms. The Morgan fingerprint density at radius 1 is 0.882 bits per heavy atom. The van der Waals surface area contributed by atoms with Crippen molar-refractivity contribution in [2.24, 2.45) is 5.41 Å². The molecule has 2 N–H and O–H groups in total. The molecule has 51 heavy (non-hydrogen) atoms. The lowest BCUT2D eigenvalue weighted by atomic mass is 9.76.